The Morgan fingerprint density at radius 2 is 2.17 bits per heavy atom. The van der Waals surface area contributed by atoms with E-state index in [1.165, 1.54) is 32.4 Å². The second-order valence-electron chi connectivity index (χ2n) is 4.84. The Labute approximate surface area is 75.1 Å². The van der Waals surface area contributed by atoms with E-state index in [1.807, 2.05) is 0 Å². The van der Waals surface area contributed by atoms with Crippen molar-refractivity contribution in [2.45, 2.75) is 45.2 Å². The third kappa shape index (κ3) is 1.27. The molecule has 0 aromatic carbocycles. The molecule has 1 aliphatic carbocycles. The van der Waals surface area contributed by atoms with E-state index in [2.05, 4.69) is 18.7 Å². The highest BCUT2D eigenvalue weighted by atomic mass is 15.2. The molecule has 0 amide bonds. The minimum atomic E-state index is 0.513. The van der Waals surface area contributed by atoms with Crippen molar-refractivity contribution < 1.29 is 0 Å². The molecule has 2 N–H and O–H groups in total. The summed E-state index contributed by atoms with van der Waals surface area (Å²) in [6.45, 7) is 7.11. The minimum absolute atomic E-state index is 0.513. The molecule has 2 unspecified atom stereocenters. The Hall–Kier alpha value is -0.0800. The van der Waals surface area contributed by atoms with Gasteiger partial charge in [-0.3, -0.25) is 0 Å². The van der Waals surface area contributed by atoms with Crippen LogP contribution in [0.4, 0.5) is 0 Å². The van der Waals surface area contributed by atoms with E-state index in [0.29, 0.717) is 17.5 Å². The van der Waals surface area contributed by atoms with Gasteiger partial charge in [0.15, 0.2) is 0 Å². The molecule has 2 nitrogen and oxygen atoms in total. The molecule has 2 aliphatic rings. The van der Waals surface area contributed by atoms with E-state index in [1.54, 1.807) is 0 Å². The molecule has 1 aliphatic heterocycles. The molecule has 1 heterocycles. The van der Waals surface area contributed by atoms with E-state index in [4.69, 9.17) is 5.73 Å². The largest absolute Gasteiger partial charge is 0.327 e. The number of rotatable bonds is 1. The van der Waals surface area contributed by atoms with Crippen LogP contribution in [0.3, 0.4) is 0 Å². The Morgan fingerprint density at radius 3 is 2.67 bits per heavy atom. The maximum atomic E-state index is 5.97. The molecule has 2 rings (SSSR count). The zero-order valence-electron chi connectivity index (χ0n) is 8.21. The number of nitrogens with two attached hydrogens (primary N) is 1. The Morgan fingerprint density at radius 1 is 1.50 bits per heavy atom. The van der Waals surface area contributed by atoms with Crippen molar-refractivity contribution in [2.24, 2.45) is 11.1 Å². The van der Waals surface area contributed by atoms with Crippen molar-refractivity contribution in [1.29, 1.82) is 0 Å². The van der Waals surface area contributed by atoms with Gasteiger partial charge < -0.3 is 10.6 Å². The molecule has 0 aromatic rings. The maximum absolute atomic E-state index is 5.97. The summed E-state index contributed by atoms with van der Waals surface area (Å²) >= 11 is 0. The average Bonchev–Trinajstić information content (AvgIpc) is 2.61. The first-order valence-electron chi connectivity index (χ1n) is 5.14. The van der Waals surface area contributed by atoms with E-state index in [-0.39, 0.29) is 0 Å². The second-order valence-corrected chi connectivity index (χ2v) is 4.84. The van der Waals surface area contributed by atoms with Crippen LogP contribution in [-0.2, 0) is 0 Å². The number of nitrogens with zero attached hydrogens (tertiary/aromatic N) is 1. The van der Waals surface area contributed by atoms with Crippen LogP contribution in [0.1, 0.15) is 33.1 Å². The van der Waals surface area contributed by atoms with Crippen molar-refractivity contribution in [3.05, 3.63) is 0 Å². The van der Waals surface area contributed by atoms with Gasteiger partial charge in [0.25, 0.3) is 0 Å². The molecule has 0 radical (unpaired) electrons. The van der Waals surface area contributed by atoms with Gasteiger partial charge in [-0.05, 0) is 45.1 Å². The highest BCUT2D eigenvalue weighted by Crippen LogP contribution is 2.51. The molecule has 0 aromatic heterocycles. The van der Waals surface area contributed by atoms with Gasteiger partial charge in [-0.15, -0.1) is 0 Å². The van der Waals surface area contributed by atoms with E-state index in [0.717, 1.165) is 0 Å². The smallest absolute Gasteiger partial charge is 0.0115 e. The third-order valence-corrected chi connectivity index (χ3v) is 3.62. The van der Waals surface area contributed by atoms with Crippen LogP contribution in [-0.4, -0.2) is 30.1 Å². The zero-order valence-corrected chi connectivity index (χ0v) is 8.21. The summed E-state index contributed by atoms with van der Waals surface area (Å²) in [6, 6.07) is 1.22. The van der Waals surface area contributed by atoms with Crippen molar-refractivity contribution >= 4 is 0 Å². The van der Waals surface area contributed by atoms with Gasteiger partial charge in [-0.1, -0.05) is 0 Å². The Bertz CT molecular complexity index is 179. The highest BCUT2D eigenvalue weighted by molar-refractivity contribution is 5.09. The first-order valence-corrected chi connectivity index (χ1v) is 5.14. The first-order chi connectivity index (χ1) is 5.64. The average molecular weight is 168 g/mol. The fourth-order valence-electron chi connectivity index (χ4n) is 2.49. The number of hydrogen-bond donors (Lipinski definition) is 1. The Balaban J connectivity index is 1.96. The van der Waals surface area contributed by atoms with Gasteiger partial charge in [0.05, 0.1) is 0 Å². The summed E-state index contributed by atoms with van der Waals surface area (Å²) in [7, 11) is 0. The van der Waals surface area contributed by atoms with Crippen LogP contribution >= 0.6 is 0 Å². The molecule has 2 atom stereocenters. The lowest BCUT2D eigenvalue weighted by Gasteiger charge is -2.36. The van der Waals surface area contributed by atoms with Crippen LogP contribution in [0, 0.1) is 5.41 Å². The van der Waals surface area contributed by atoms with Gasteiger partial charge in [0.2, 0.25) is 0 Å². The second kappa shape index (κ2) is 2.71. The highest BCUT2D eigenvalue weighted by Gasteiger charge is 2.53. The summed E-state index contributed by atoms with van der Waals surface area (Å²) in [5, 5.41) is 0. The van der Waals surface area contributed by atoms with Crippen LogP contribution < -0.4 is 5.73 Å². The normalized spacial score (nSPS) is 42.5. The third-order valence-electron chi connectivity index (χ3n) is 3.62. The van der Waals surface area contributed by atoms with E-state index >= 15 is 0 Å². The molecule has 1 spiro atoms. The van der Waals surface area contributed by atoms with E-state index in [9.17, 15) is 0 Å². The molecule has 70 valence electrons. The SMILES string of the molecule is CC(C)N1CCCC2(CC2N)C1. The van der Waals surface area contributed by atoms with Crippen molar-refractivity contribution in [2.75, 3.05) is 13.1 Å². The lowest BCUT2D eigenvalue weighted by molar-refractivity contribution is 0.125. The zero-order chi connectivity index (χ0) is 8.77. The van der Waals surface area contributed by atoms with Gasteiger partial charge in [-0.2, -0.15) is 0 Å². The van der Waals surface area contributed by atoms with Crippen molar-refractivity contribution in [3.8, 4) is 0 Å². The summed E-state index contributed by atoms with van der Waals surface area (Å²) in [4.78, 5) is 2.58. The molecule has 1 saturated heterocycles. The van der Waals surface area contributed by atoms with Gasteiger partial charge in [-0.25, -0.2) is 0 Å². The molecule has 1 saturated carbocycles. The van der Waals surface area contributed by atoms with Crippen molar-refractivity contribution in [1.82, 2.24) is 4.90 Å². The molecular weight excluding hydrogens is 148 g/mol. The number of likely N-dealkylation sites (tertiary alicyclic amines) is 1. The van der Waals surface area contributed by atoms with Crippen LogP contribution in [0.15, 0.2) is 0 Å². The fourth-order valence-corrected chi connectivity index (χ4v) is 2.49. The first kappa shape index (κ1) is 8.52. The quantitative estimate of drug-likeness (QED) is 0.637. The maximum Gasteiger partial charge on any atom is 0.0115 e. The lowest BCUT2D eigenvalue weighted by Crippen LogP contribution is -2.42. The minimum Gasteiger partial charge on any atom is -0.327 e. The predicted molar refractivity (Wildman–Crippen MR) is 51.0 cm³/mol. The van der Waals surface area contributed by atoms with Crippen molar-refractivity contribution in [3.63, 3.8) is 0 Å². The Kier molecular flexibility index (Phi) is 1.92. The van der Waals surface area contributed by atoms with Gasteiger partial charge >= 0.3 is 0 Å². The summed E-state index contributed by atoms with van der Waals surface area (Å²) in [6.07, 6.45) is 4.00. The van der Waals surface area contributed by atoms with Crippen LogP contribution in [0.2, 0.25) is 0 Å². The van der Waals surface area contributed by atoms with Gasteiger partial charge in [0, 0.05) is 18.6 Å². The predicted octanol–water partition coefficient (Wildman–Crippen LogP) is 1.21. The summed E-state index contributed by atoms with van der Waals surface area (Å²) in [5.74, 6) is 0. The number of piperidine rings is 1. The molecular formula is C10H20N2. The number of hydrogen-bond acceptors (Lipinski definition) is 2. The van der Waals surface area contributed by atoms with Crippen LogP contribution in [0.5, 0.6) is 0 Å². The summed E-state index contributed by atoms with van der Waals surface area (Å²) in [5.41, 5.74) is 6.51. The standard InChI is InChI=1S/C10H20N2/c1-8(2)12-5-3-4-10(7-12)6-9(10)11/h8-9H,3-7,11H2,1-2H3. The fraction of sp³-hybridized carbons (Fsp3) is 1.00. The van der Waals surface area contributed by atoms with Gasteiger partial charge in [0.1, 0.15) is 0 Å². The monoisotopic (exact) mass is 168 g/mol. The molecule has 0 bridgehead atoms. The topological polar surface area (TPSA) is 29.3 Å². The van der Waals surface area contributed by atoms with Crippen LogP contribution in [0.25, 0.3) is 0 Å². The molecule has 2 fully saturated rings. The van der Waals surface area contributed by atoms with E-state index < -0.39 is 0 Å². The summed E-state index contributed by atoms with van der Waals surface area (Å²) < 4.78 is 0. The lowest BCUT2D eigenvalue weighted by atomic mass is 9.93. The molecule has 2 heteroatoms. The molecule has 12 heavy (non-hydrogen) atoms.